The Balaban J connectivity index is 2.02. The van der Waals surface area contributed by atoms with Gasteiger partial charge in [0.05, 0.1) is 11.9 Å². The van der Waals surface area contributed by atoms with E-state index in [0.29, 0.717) is 11.3 Å². The summed E-state index contributed by atoms with van der Waals surface area (Å²) in [5, 5.41) is 0. The van der Waals surface area contributed by atoms with Crippen molar-refractivity contribution in [1.29, 1.82) is 0 Å². The summed E-state index contributed by atoms with van der Waals surface area (Å²) in [4.78, 5) is -0.190. The summed E-state index contributed by atoms with van der Waals surface area (Å²) in [5.74, 6) is 0.332. The smallest absolute Gasteiger partial charge is 0.131 e. The first kappa shape index (κ1) is 13.6. The predicted octanol–water partition coefficient (Wildman–Crippen LogP) is 4.81. The Bertz CT molecular complexity index is 639. The number of halogens is 2. The number of rotatable bonds is 3. The number of ether oxygens (including phenoxy) is 1. The number of hydrogen-bond acceptors (Lipinski definition) is 1. The SMILES string of the molecule is COc1cccc(F)c1C(Br)c1ccc2c(c1)CCC2. The number of fused-ring (bicyclic) bond motifs is 1. The van der Waals surface area contributed by atoms with Gasteiger partial charge in [-0.1, -0.05) is 40.2 Å². The lowest BCUT2D eigenvalue weighted by atomic mass is 9.99. The van der Waals surface area contributed by atoms with Crippen LogP contribution in [0.3, 0.4) is 0 Å². The first-order chi connectivity index (χ1) is 9.70. The molecule has 0 radical (unpaired) electrons. The average Bonchev–Trinajstić information content (AvgIpc) is 2.93. The standard InChI is InChI=1S/C17H16BrFO/c1-20-15-7-3-6-14(19)16(15)17(18)13-9-8-11-4-2-5-12(11)10-13/h3,6-10,17H,2,4-5H2,1H3. The third-order valence-electron chi connectivity index (χ3n) is 3.90. The number of aryl methyl sites for hydroxylation is 2. The van der Waals surface area contributed by atoms with E-state index >= 15 is 0 Å². The molecule has 0 bridgehead atoms. The summed E-state index contributed by atoms with van der Waals surface area (Å²) in [5.41, 5.74) is 4.46. The van der Waals surface area contributed by atoms with Crippen molar-refractivity contribution in [2.45, 2.75) is 24.1 Å². The van der Waals surface area contributed by atoms with Gasteiger partial charge in [0.1, 0.15) is 11.6 Å². The zero-order valence-electron chi connectivity index (χ0n) is 11.3. The summed E-state index contributed by atoms with van der Waals surface area (Å²) in [6.07, 6.45) is 3.50. The fraction of sp³-hybridized carbons (Fsp3) is 0.294. The summed E-state index contributed by atoms with van der Waals surface area (Å²) in [6.45, 7) is 0. The zero-order valence-corrected chi connectivity index (χ0v) is 12.9. The minimum Gasteiger partial charge on any atom is -0.496 e. The first-order valence-corrected chi connectivity index (χ1v) is 7.70. The maximum absolute atomic E-state index is 14.1. The molecule has 2 aromatic carbocycles. The summed E-state index contributed by atoms with van der Waals surface area (Å²) < 4.78 is 19.4. The highest BCUT2D eigenvalue weighted by Gasteiger charge is 2.21. The van der Waals surface area contributed by atoms with Crippen LogP contribution in [0.4, 0.5) is 4.39 Å². The third-order valence-corrected chi connectivity index (χ3v) is 4.89. The molecule has 2 aromatic rings. The maximum Gasteiger partial charge on any atom is 0.131 e. The molecule has 0 heterocycles. The van der Waals surface area contributed by atoms with Crippen molar-refractivity contribution in [1.82, 2.24) is 0 Å². The molecule has 1 aliphatic rings. The Kier molecular flexibility index (Phi) is 3.79. The van der Waals surface area contributed by atoms with E-state index in [1.165, 1.54) is 23.6 Å². The molecule has 0 fully saturated rings. The maximum atomic E-state index is 14.1. The van der Waals surface area contributed by atoms with Crippen LogP contribution in [-0.4, -0.2) is 7.11 Å². The minimum atomic E-state index is -0.244. The molecule has 0 spiro atoms. The van der Waals surface area contributed by atoms with E-state index in [1.54, 1.807) is 19.2 Å². The Labute approximate surface area is 126 Å². The van der Waals surface area contributed by atoms with Crippen LogP contribution in [0.5, 0.6) is 5.75 Å². The Morgan fingerprint density at radius 3 is 2.75 bits per heavy atom. The van der Waals surface area contributed by atoms with E-state index in [0.717, 1.165) is 18.4 Å². The second-order valence-electron chi connectivity index (χ2n) is 5.10. The van der Waals surface area contributed by atoms with Crippen molar-refractivity contribution in [3.63, 3.8) is 0 Å². The molecule has 0 amide bonds. The minimum absolute atomic E-state index is 0.190. The quantitative estimate of drug-likeness (QED) is 0.732. The van der Waals surface area contributed by atoms with E-state index in [1.807, 2.05) is 0 Å². The van der Waals surface area contributed by atoms with E-state index in [2.05, 4.69) is 34.1 Å². The second kappa shape index (κ2) is 5.57. The van der Waals surface area contributed by atoms with Crippen LogP contribution in [-0.2, 0) is 12.8 Å². The molecule has 1 unspecified atom stereocenters. The molecular formula is C17H16BrFO. The molecule has 1 atom stereocenters. The van der Waals surface area contributed by atoms with Crippen molar-refractivity contribution < 1.29 is 9.13 Å². The van der Waals surface area contributed by atoms with Crippen LogP contribution in [0.15, 0.2) is 36.4 Å². The molecule has 0 aromatic heterocycles. The monoisotopic (exact) mass is 334 g/mol. The Morgan fingerprint density at radius 1 is 1.15 bits per heavy atom. The van der Waals surface area contributed by atoms with Crippen LogP contribution in [0.1, 0.15) is 33.5 Å². The molecule has 3 rings (SSSR count). The number of alkyl halides is 1. The average molecular weight is 335 g/mol. The lowest BCUT2D eigenvalue weighted by Gasteiger charge is -2.16. The molecule has 0 N–H and O–H groups in total. The summed E-state index contributed by atoms with van der Waals surface area (Å²) >= 11 is 3.62. The highest BCUT2D eigenvalue weighted by atomic mass is 79.9. The number of methoxy groups -OCH3 is 1. The summed E-state index contributed by atoms with van der Waals surface area (Å²) in [6, 6.07) is 11.4. The molecule has 20 heavy (non-hydrogen) atoms. The highest BCUT2D eigenvalue weighted by molar-refractivity contribution is 9.09. The van der Waals surface area contributed by atoms with Gasteiger partial charge in [-0.05, 0) is 48.1 Å². The topological polar surface area (TPSA) is 9.23 Å². The largest absolute Gasteiger partial charge is 0.496 e. The van der Waals surface area contributed by atoms with Gasteiger partial charge in [0.2, 0.25) is 0 Å². The van der Waals surface area contributed by atoms with Gasteiger partial charge >= 0.3 is 0 Å². The van der Waals surface area contributed by atoms with Crippen LogP contribution < -0.4 is 4.74 Å². The molecule has 3 heteroatoms. The predicted molar refractivity (Wildman–Crippen MR) is 82.2 cm³/mol. The molecule has 0 aliphatic heterocycles. The fourth-order valence-electron chi connectivity index (χ4n) is 2.86. The van der Waals surface area contributed by atoms with Gasteiger partial charge in [-0.2, -0.15) is 0 Å². The van der Waals surface area contributed by atoms with Gasteiger partial charge in [-0.3, -0.25) is 0 Å². The third kappa shape index (κ3) is 2.35. The van der Waals surface area contributed by atoms with Crippen molar-refractivity contribution in [2.75, 3.05) is 7.11 Å². The number of hydrogen-bond donors (Lipinski definition) is 0. The van der Waals surface area contributed by atoms with Crippen molar-refractivity contribution in [2.24, 2.45) is 0 Å². The molecular weight excluding hydrogens is 319 g/mol. The van der Waals surface area contributed by atoms with Crippen LogP contribution in [0.2, 0.25) is 0 Å². The van der Waals surface area contributed by atoms with Gasteiger partial charge in [-0.25, -0.2) is 4.39 Å². The van der Waals surface area contributed by atoms with E-state index in [9.17, 15) is 4.39 Å². The molecule has 104 valence electrons. The molecule has 1 aliphatic carbocycles. The molecule has 1 nitrogen and oxygen atoms in total. The van der Waals surface area contributed by atoms with E-state index in [4.69, 9.17) is 4.74 Å². The Morgan fingerprint density at radius 2 is 1.95 bits per heavy atom. The van der Waals surface area contributed by atoms with Gasteiger partial charge in [0.25, 0.3) is 0 Å². The number of benzene rings is 2. The zero-order chi connectivity index (χ0) is 14.1. The molecule has 0 saturated carbocycles. The first-order valence-electron chi connectivity index (χ1n) is 6.79. The summed E-state index contributed by atoms with van der Waals surface area (Å²) in [7, 11) is 1.57. The van der Waals surface area contributed by atoms with E-state index in [-0.39, 0.29) is 10.6 Å². The van der Waals surface area contributed by atoms with Crippen LogP contribution in [0.25, 0.3) is 0 Å². The Hall–Kier alpha value is -1.35. The van der Waals surface area contributed by atoms with Crippen molar-refractivity contribution in [3.8, 4) is 5.75 Å². The lowest BCUT2D eigenvalue weighted by Crippen LogP contribution is -2.01. The van der Waals surface area contributed by atoms with Crippen LogP contribution >= 0.6 is 15.9 Å². The second-order valence-corrected chi connectivity index (χ2v) is 6.02. The van der Waals surface area contributed by atoms with Crippen LogP contribution in [0, 0.1) is 5.82 Å². The van der Waals surface area contributed by atoms with Gasteiger partial charge in [0, 0.05) is 5.56 Å². The lowest BCUT2D eigenvalue weighted by molar-refractivity contribution is 0.405. The van der Waals surface area contributed by atoms with Gasteiger partial charge < -0.3 is 4.74 Å². The van der Waals surface area contributed by atoms with Gasteiger partial charge in [-0.15, -0.1) is 0 Å². The molecule has 0 saturated heterocycles. The van der Waals surface area contributed by atoms with Crippen molar-refractivity contribution in [3.05, 3.63) is 64.5 Å². The van der Waals surface area contributed by atoms with E-state index < -0.39 is 0 Å². The normalized spacial score (nSPS) is 14.9. The fourth-order valence-corrected chi connectivity index (χ4v) is 3.59. The highest BCUT2D eigenvalue weighted by Crippen LogP contribution is 2.39. The van der Waals surface area contributed by atoms with Gasteiger partial charge in [0.15, 0.2) is 0 Å². The van der Waals surface area contributed by atoms with Crippen molar-refractivity contribution >= 4 is 15.9 Å².